The fraction of sp³-hybridized carbons (Fsp3) is 0.909. The number of rotatable bonds is 4. The Morgan fingerprint density at radius 2 is 2.32 bits per heavy atom. The van der Waals surface area contributed by atoms with Gasteiger partial charge in [-0.15, -0.1) is 0 Å². The number of ether oxygens (including phenoxy) is 4. The van der Waals surface area contributed by atoms with E-state index in [0.29, 0.717) is 6.42 Å². The van der Waals surface area contributed by atoms with E-state index in [0.717, 1.165) is 0 Å². The van der Waals surface area contributed by atoms with Crippen molar-refractivity contribution in [1.82, 2.24) is 0 Å². The van der Waals surface area contributed by atoms with E-state index in [9.17, 15) is 4.79 Å². The fourth-order valence-corrected chi connectivity index (χ4v) is 2.34. The van der Waals surface area contributed by atoms with Gasteiger partial charge >= 0.3 is 5.97 Å². The summed E-state index contributed by atoms with van der Waals surface area (Å²) in [5.41, 5.74) is 8.35. The van der Waals surface area contributed by atoms with Crippen LogP contribution in [0.25, 0.3) is 10.4 Å². The Bertz CT molecular complexity index is 387. The lowest BCUT2D eigenvalue weighted by Crippen LogP contribution is -2.35. The summed E-state index contributed by atoms with van der Waals surface area (Å²) in [6.07, 6.45) is -1.13. The molecule has 0 unspecified atom stereocenters. The molecule has 8 nitrogen and oxygen atoms in total. The highest BCUT2D eigenvalue weighted by atomic mass is 16.8. The third kappa shape index (κ3) is 3.36. The van der Waals surface area contributed by atoms with E-state index in [2.05, 4.69) is 10.0 Å². The van der Waals surface area contributed by atoms with Crippen LogP contribution >= 0.6 is 0 Å². The Morgan fingerprint density at radius 3 is 2.89 bits per heavy atom. The van der Waals surface area contributed by atoms with E-state index < -0.39 is 24.2 Å². The number of hydrogen-bond donors (Lipinski definition) is 0. The Balaban J connectivity index is 1.98. The van der Waals surface area contributed by atoms with E-state index in [4.69, 9.17) is 24.5 Å². The highest BCUT2D eigenvalue weighted by molar-refractivity contribution is 5.66. The number of hydrogen-bond acceptors (Lipinski definition) is 6. The zero-order valence-electron chi connectivity index (χ0n) is 11.1. The Kier molecular flexibility index (Phi) is 3.96. The van der Waals surface area contributed by atoms with Crippen molar-refractivity contribution in [2.75, 3.05) is 6.54 Å². The normalized spacial score (nSPS) is 33.3. The highest BCUT2D eigenvalue weighted by Crippen LogP contribution is 2.38. The van der Waals surface area contributed by atoms with Gasteiger partial charge in [-0.3, -0.25) is 4.79 Å². The molecule has 0 spiro atoms. The second-order valence-electron chi connectivity index (χ2n) is 5.01. The second kappa shape index (κ2) is 5.34. The van der Waals surface area contributed by atoms with Crippen LogP contribution in [0.5, 0.6) is 0 Å². The molecule has 4 atom stereocenters. The molecule has 2 heterocycles. The summed E-state index contributed by atoms with van der Waals surface area (Å²) in [6.45, 7) is 4.96. The van der Waals surface area contributed by atoms with Crippen LogP contribution in [0.1, 0.15) is 27.2 Å². The van der Waals surface area contributed by atoms with Gasteiger partial charge in [-0.05, 0) is 19.4 Å². The number of carbonyl (C=O) groups is 1. The van der Waals surface area contributed by atoms with E-state index in [1.807, 2.05) is 13.8 Å². The predicted molar refractivity (Wildman–Crippen MR) is 62.9 cm³/mol. The van der Waals surface area contributed by atoms with Crippen molar-refractivity contribution in [3.8, 4) is 0 Å². The van der Waals surface area contributed by atoms with Crippen LogP contribution in [0.2, 0.25) is 0 Å². The van der Waals surface area contributed by atoms with Crippen LogP contribution in [0.3, 0.4) is 0 Å². The highest BCUT2D eigenvalue weighted by Gasteiger charge is 2.50. The maximum absolute atomic E-state index is 11.0. The van der Waals surface area contributed by atoms with Crippen molar-refractivity contribution < 1.29 is 23.7 Å². The standard InChI is InChI=1S/C11H17N3O5/c1-6(15)16-9(5-13-14-12)7-4-8-10(17-7)19-11(2,3)18-8/h7-10H,4-5H2,1-3H3/t7-,8+,9-,10+/m0/s1. The van der Waals surface area contributed by atoms with Crippen molar-refractivity contribution in [2.45, 2.75) is 57.6 Å². The minimum atomic E-state index is -0.665. The first-order valence-electron chi connectivity index (χ1n) is 6.10. The third-order valence-electron chi connectivity index (χ3n) is 2.97. The maximum atomic E-state index is 11.0. The molecule has 2 aliphatic heterocycles. The molecule has 0 aromatic carbocycles. The molecule has 0 aromatic heterocycles. The monoisotopic (exact) mass is 271 g/mol. The van der Waals surface area contributed by atoms with Gasteiger partial charge in [0.15, 0.2) is 12.1 Å². The molecule has 0 saturated carbocycles. The maximum Gasteiger partial charge on any atom is 0.302 e. The molecule has 0 radical (unpaired) electrons. The summed E-state index contributed by atoms with van der Waals surface area (Å²) in [4.78, 5) is 13.7. The van der Waals surface area contributed by atoms with Gasteiger partial charge in [0.2, 0.25) is 0 Å². The average Bonchev–Trinajstić information content (AvgIpc) is 2.76. The van der Waals surface area contributed by atoms with Crippen LogP contribution in [0, 0.1) is 0 Å². The molecule has 0 bridgehead atoms. The first kappa shape index (κ1) is 14.1. The van der Waals surface area contributed by atoms with Crippen LogP contribution in [-0.2, 0) is 23.7 Å². The minimum absolute atomic E-state index is 0.0313. The van der Waals surface area contributed by atoms with Gasteiger partial charge in [-0.2, -0.15) is 0 Å². The summed E-state index contributed by atoms with van der Waals surface area (Å²) in [5.74, 6) is -1.11. The summed E-state index contributed by atoms with van der Waals surface area (Å²) in [6, 6.07) is 0. The topological polar surface area (TPSA) is 103 Å². The summed E-state index contributed by atoms with van der Waals surface area (Å²) in [7, 11) is 0. The number of fused-ring (bicyclic) bond motifs is 1. The molecule has 2 saturated heterocycles. The van der Waals surface area contributed by atoms with Gasteiger partial charge in [-0.1, -0.05) is 5.11 Å². The van der Waals surface area contributed by atoms with Gasteiger partial charge in [0.05, 0.1) is 6.54 Å². The van der Waals surface area contributed by atoms with Crippen molar-refractivity contribution in [3.05, 3.63) is 10.4 Å². The van der Waals surface area contributed by atoms with Crippen molar-refractivity contribution in [1.29, 1.82) is 0 Å². The largest absolute Gasteiger partial charge is 0.460 e. The zero-order chi connectivity index (χ0) is 14.0. The Morgan fingerprint density at radius 1 is 1.58 bits per heavy atom. The Hall–Kier alpha value is -1.34. The SMILES string of the molecule is CC(=O)O[C@@H](CN=[N+]=[N-])[C@@H]1C[C@H]2OC(C)(C)O[C@H]2O1. The number of esters is 1. The minimum Gasteiger partial charge on any atom is -0.460 e. The molecular formula is C11H17N3O5. The molecule has 106 valence electrons. The van der Waals surface area contributed by atoms with Crippen molar-refractivity contribution in [2.24, 2.45) is 5.11 Å². The zero-order valence-corrected chi connectivity index (χ0v) is 11.1. The molecule has 0 N–H and O–H groups in total. The quantitative estimate of drug-likeness (QED) is 0.333. The van der Waals surface area contributed by atoms with E-state index >= 15 is 0 Å². The van der Waals surface area contributed by atoms with Gasteiger partial charge in [0.1, 0.15) is 18.3 Å². The first-order chi connectivity index (χ1) is 8.91. The van der Waals surface area contributed by atoms with Gasteiger partial charge < -0.3 is 18.9 Å². The Labute approximate surface area is 110 Å². The van der Waals surface area contributed by atoms with Crippen LogP contribution in [-0.4, -0.2) is 42.9 Å². The summed E-state index contributed by atoms with van der Waals surface area (Å²) < 4.78 is 22.0. The molecule has 2 rings (SSSR count). The predicted octanol–water partition coefficient (Wildman–Crippen LogP) is 1.49. The molecular weight excluding hydrogens is 254 g/mol. The molecule has 0 aliphatic carbocycles. The lowest BCUT2D eigenvalue weighted by Gasteiger charge is -2.24. The molecule has 0 amide bonds. The third-order valence-corrected chi connectivity index (χ3v) is 2.97. The molecule has 2 fully saturated rings. The number of nitrogens with zero attached hydrogens (tertiary/aromatic N) is 3. The summed E-state index contributed by atoms with van der Waals surface area (Å²) >= 11 is 0. The molecule has 0 aromatic rings. The second-order valence-corrected chi connectivity index (χ2v) is 5.01. The van der Waals surface area contributed by atoms with Gasteiger partial charge in [-0.25, -0.2) is 0 Å². The fourth-order valence-electron chi connectivity index (χ4n) is 2.34. The van der Waals surface area contributed by atoms with Crippen molar-refractivity contribution >= 4 is 5.97 Å². The van der Waals surface area contributed by atoms with E-state index in [1.165, 1.54) is 6.92 Å². The smallest absolute Gasteiger partial charge is 0.302 e. The average molecular weight is 271 g/mol. The number of azide groups is 1. The van der Waals surface area contributed by atoms with E-state index in [1.54, 1.807) is 0 Å². The van der Waals surface area contributed by atoms with Crippen LogP contribution in [0.4, 0.5) is 0 Å². The summed E-state index contributed by atoms with van der Waals surface area (Å²) in [5, 5.41) is 3.43. The van der Waals surface area contributed by atoms with E-state index in [-0.39, 0.29) is 18.8 Å². The molecule has 8 heteroatoms. The lowest BCUT2D eigenvalue weighted by atomic mass is 10.1. The first-order valence-corrected chi connectivity index (χ1v) is 6.10. The van der Waals surface area contributed by atoms with Crippen LogP contribution < -0.4 is 0 Å². The van der Waals surface area contributed by atoms with Crippen LogP contribution in [0.15, 0.2) is 5.11 Å². The van der Waals surface area contributed by atoms with Gasteiger partial charge in [0.25, 0.3) is 0 Å². The lowest BCUT2D eigenvalue weighted by molar-refractivity contribution is -0.216. The van der Waals surface area contributed by atoms with Gasteiger partial charge in [0, 0.05) is 18.3 Å². The van der Waals surface area contributed by atoms with Crippen molar-refractivity contribution in [3.63, 3.8) is 0 Å². The number of carbonyl (C=O) groups excluding carboxylic acids is 1. The molecule has 2 aliphatic rings. The molecule has 19 heavy (non-hydrogen) atoms.